The molecule has 6 heteroatoms. The topological polar surface area (TPSA) is 84.9 Å². The number of carbonyl (C=O) groups excluding carboxylic acids is 1. The van der Waals surface area contributed by atoms with Crippen molar-refractivity contribution in [3.8, 4) is 0 Å². The Kier molecular flexibility index (Phi) is 4.48. The van der Waals surface area contributed by atoms with Crippen LogP contribution in [0.4, 0.5) is 5.69 Å². The summed E-state index contributed by atoms with van der Waals surface area (Å²) in [6.45, 7) is 1.16. The lowest BCUT2D eigenvalue weighted by atomic mass is 10.2. The van der Waals surface area contributed by atoms with Gasteiger partial charge in [-0.1, -0.05) is 12.1 Å². The maximum atomic E-state index is 11.4. The number of rotatable bonds is 5. The Bertz CT molecular complexity index is 451. The minimum atomic E-state index is -0.985. The molecule has 6 nitrogen and oxygen atoms in total. The van der Waals surface area contributed by atoms with Crippen molar-refractivity contribution in [2.24, 2.45) is 0 Å². The summed E-state index contributed by atoms with van der Waals surface area (Å²) in [7, 11) is 0. The Morgan fingerprint density at radius 2 is 1.79 bits per heavy atom. The van der Waals surface area contributed by atoms with Gasteiger partial charge in [-0.2, -0.15) is 0 Å². The van der Waals surface area contributed by atoms with Gasteiger partial charge in [0.05, 0.1) is 19.6 Å². The first-order valence-electron chi connectivity index (χ1n) is 6.00. The first kappa shape index (κ1) is 13.5. The maximum absolute atomic E-state index is 11.4. The number of anilines is 1. The number of carbonyl (C=O) groups is 2. The number of ether oxygens (including phenoxy) is 2. The number of amides is 1. The molecule has 102 valence electrons. The minimum absolute atomic E-state index is 0.0358. The monoisotopic (exact) mass is 265 g/mol. The second kappa shape index (κ2) is 6.31. The summed E-state index contributed by atoms with van der Waals surface area (Å²) in [5.74, 6) is -1.30. The number of carboxylic acids is 1. The van der Waals surface area contributed by atoms with Crippen molar-refractivity contribution >= 4 is 17.6 Å². The summed E-state index contributed by atoms with van der Waals surface area (Å²) < 4.78 is 10.7. The number of aliphatic carboxylic acids is 1. The molecule has 0 aromatic heterocycles. The SMILES string of the molecule is O=C(O)CCC(=O)Nc1ccc(C2OCCO2)cc1. The van der Waals surface area contributed by atoms with E-state index < -0.39 is 5.97 Å². The van der Waals surface area contributed by atoms with Crippen LogP contribution in [0.3, 0.4) is 0 Å². The van der Waals surface area contributed by atoms with Crippen molar-refractivity contribution in [2.45, 2.75) is 19.1 Å². The van der Waals surface area contributed by atoms with Crippen molar-refractivity contribution in [3.05, 3.63) is 29.8 Å². The fourth-order valence-corrected chi connectivity index (χ4v) is 1.72. The predicted octanol–water partition coefficient (Wildman–Crippen LogP) is 1.54. The van der Waals surface area contributed by atoms with E-state index in [0.717, 1.165) is 5.56 Å². The zero-order valence-corrected chi connectivity index (χ0v) is 10.3. The summed E-state index contributed by atoms with van der Waals surface area (Å²) in [6, 6.07) is 7.09. The number of benzene rings is 1. The highest BCUT2D eigenvalue weighted by molar-refractivity contribution is 5.92. The van der Waals surface area contributed by atoms with E-state index in [0.29, 0.717) is 18.9 Å². The second-order valence-electron chi connectivity index (χ2n) is 4.14. The summed E-state index contributed by atoms with van der Waals surface area (Å²) in [4.78, 5) is 21.8. The summed E-state index contributed by atoms with van der Waals surface area (Å²) >= 11 is 0. The van der Waals surface area contributed by atoms with Gasteiger partial charge in [0.1, 0.15) is 0 Å². The summed E-state index contributed by atoms with van der Waals surface area (Å²) in [5, 5.41) is 11.1. The largest absolute Gasteiger partial charge is 0.481 e. The van der Waals surface area contributed by atoms with E-state index >= 15 is 0 Å². The lowest BCUT2D eigenvalue weighted by Crippen LogP contribution is -2.13. The molecule has 0 atom stereocenters. The Balaban J connectivity index is 1.87. The van der Waals surface area contributed by atoms with Gasteiger partial charge in [0.15, 0.2) is 6.29 Å². The normalized spacial score (nSPS) is 15.4. The van der Waals surface area contributed by atoms with Gasteiger partial charge in [-0.3, -0.25) is 9.59 Å². The quantitative estimate of drug-likeness (QED) is 0.843. The van der Waals surface area contributed by atoms with Gasteiger partial charge in [-0.05, 0) is 12.1 Å². The first-order valence-corrected chi connectivity index (χ1v) is 6.00. The molecular weight excluding hydrogens is 250 g/mol. The lowest BCUT2D eigenvalue weighted by molar-refractivity contribution is -0.138. The Morgan fingerprint density at radius 3 is 2.37 bits per heavy atom. The molecule has 1 aromatic carbocycles. The van der Waals surface area contributed by atoms with Crippen LogP contribution in [-0.4, -0.2) is 30.2 Å². The van der Waals surface area contributed by atoms with Crippen LogP contribution in [0.1, 0.15) is 24.7 Å². The average Bonchev–Trinajstić information content (AvgIpc) is 2.91. The van der Waals surface area contributed by atoms with E-state index in [1.807, 2.05) is 12.1 Å². The third-order valence-electron chi connectivity index (χ3n) is 2.65. The maximum Gasteiger partial charge on any atom is 0.303 e. The number of hydrogen-bond acceptors (Lipinski definition) is 4. The van der Waals surface area contributed by atoms with E-state index in [1.165, 1.54) is 0 Å². The van der Waals surface area contributed by atoms with Crippen LogP contribution in [0.25, 0.3) is 0 Å². The van der Waals surface area contributed by atoms with E-state index in [1.54, 1.807) is 12.1 Å². The van der Waals surface area contributed by atoms with E-state index in [9.17, 15) is 9.59 Å². The lowest BCUT2D eigenvalue weighted by Gasteiger charge is -2.10. The smallest absolute Gasteiger partial charge is 0.303 e. The van der Waals surface area contributed by atoms with Crippen LogP contribution in [0.5, 0.6) is 0 Å². The fraction of sp³-hybridized carbons (Fsp3) is 0.385. The van der Waals surface area contributed by atoms with E-state index in [2.05, 4.69) is 5.32 Å². The molecule has 0 bridgehead atoms. The Labute approximate surface area is 110 Å². The molecule has 2 rings (SSSR count). The highest BCUT2D eigenvalue weighted by Crippen LogP contribution is 2.24. The van der Waals surface area contributed by atoms with Crippen molar-refractivity contribution in [3.63, 3.8) is 0 Å². The Morgan fingerprint density at radius 1 is 1.16 bits per heavy atom. The van der Waals surface area contributed by atoms with Crippen LogP contribution >= 0.6 is 0 Å². The minimum Gasteiger partial charge on any atom is -0.481 e. The molecule has 1 aliphatic rings. The van der Waals surface area contributed by atoms with Crippen molar-refractivity contribution in [2.75, 3.05) is 18.5 Å². The zero-order chi connectivity index (χ0) is 13.7. The van der Waals surface area contributed by atoms with Crippen molar-refractivity contribution < 1.29 is 24.2 Å². The first-order chi connectivity index (χ1) is 9.15. The number of nitrogens with one attached hydrogen (secondary N) is 1. The highest BCUT2D eigenvalue weighted by atomic mass is 16.7. The molecule has 1 heterocycles. The fourth-order valence-electron chi connectivity index (χ4n) is 1.72. The van der Waals surface area contributed by atoms with E-state index in [4.69, 9.17) is 14.6 Å². The highest BCUT2D eigenvalue weighted by Gasteiger charge is 2.17. The van der Waals surface area contributed by atoms with Crippen molar-refractivity contribution in [1.29, 1.82) is 0 Å². The van der Waals surface area contributed by atoms with Gasteiger partial charge >= 0.3 is 5.97 Å². The molecule has 19 heavy (non-hydrogen) atoms. The Hall–Kier alpha value is -1.92. The van der Waals surface area contributed by atoms with Gasteiger partial charge < -0.3 is 19.9 Å². The van der Waals surface area contributed by atoms with Gasteiger partial charge in [-0.25, -0.2) is 0 Å². The number of hydrogen-bond donors (Lipinski definition) is 2. The van der Waals surface area contributed by atoms with Crippen LogP contribution < -0.4 is 5.32 Å². The van der Waals surface area contributed by atoms with Crippen LogP contribution in [0.2, 0.25) is 0 Å². The van der Waals surface area contributed by atoms with Gasteiger partial charge in [-0.15, -0.1) is 0 Å². The molecule has 2 N–H and O–H groups in total. The van der Waals surface area contributed by atoms with Gasteiger partial charge in [0.2, 0.25) is 5.91 Å². The molecule has 0 saturated carbocycles. The van der Waals surface area contributed by atoms with E-state index in [-0.39, 0.29) is 25.0 Å². The van der Waals surface area contributed by atoms with Crippen LogP contribution in [0.15, 0.2) is 24.3 Å². The predicted molar refractivity (Wildman–Crippen MR) is 66.6 cm³/mol. The number of carboxylic acid groups (broad SMARTS) is 1. The molecule has 1 aliphatic heterocycles. The zero-order valence-electron chi connectivity index (χ0n) is 10.3. The molecule has 0 unspecified atom stereocenters. The van der Waals surface area contributed by atoms with Crippen LogP contribution in [0, 0.1) is 0 Å². The summed E-state index contributed by atoms with van der Waals surface area (Å²) in [5.41, 5.74) is 1.51. The molecule has 0 aliphatic carbocycles. The molecule has 0 radical (unpaired) electrons. The average molecular weight is 265 g/mol. The molecule has 1 fully saturated rings. The third kappa shape index (κ3) is 4.04. The summed E-state index contributed by atoms with van der Waals surface area (Å²) in [6.07, 6.45) is -0.545. The third-order valence-corrected chi connectivity index (χ3v) is 2.65. The molecule has 1 aromatic rings. The van der Waals surface area contributed by atoms with Gasteiger partial charge in [0, 0.05) is 17.7 Å². The van der Waals surface area contributed by atoms with Crippen molar-refractivity contribution in [1.82, 2.24) is 0 Å². The molecule has 0 spiro atoms. The molecular formula is C13H15NO5. The molecule has 1 saturated heterocycles. The van der Waals surface area contributed by atoms with Crippen LogP contribution in [-0.2, 0) is 19.1 Å². The second-order valence-corrected chi connectivity index (χ2v) is 4.14. The molecule has 1 amide bonds. The van der Waals surface area contributed by atoms with Gasteiger partial charge in [0.25, 0.3) is 0 Å². The standard InChI is InChI=1S/C13H15NO5/c15-11(5-6-12(16)17)14-10-3-1-9(2-4-10)13-18-7-8-19-13/h1-4,13H,5-8H2,(H,14,15)(H,16,17).